The third-order valence-corrected chi connectivity index (χ3v) is 8.13. The second kappa shape index (κ2) is 11.6. The van der Waals surface area contributed by atoms with Crippen LogP contribution in [0.15, 0.2) is 34.7 Å². The zero-order valence-electron chi connectivity index (χ0n) is 20.4. The first-order chi connectivity index (χ1) is 16.1. The Bertz CT molecular complexity index is 1120. The molecule has 2 aromatic carbocycles. The SMILES string of the molecule is CCCCCCCCCCC1CCC(c2ccc3c(c2)c(=S)oc2c(F)c(C)ccc23)CC1. The molecular formula is C30H39FOS. The molecule has 3 aromatic rings. The van der Waals surface area contributed by atoms with Crippen LogP contribution in [0.3, 0.4) is 0 Å². The van der Waals surface area contributed by atoms with Crippen LogP contribution < -0.4 is 0 Å². The van der Waals surface area contributed by atoms with E-state index in [4.69, 9.17) is 16.6 Å². The van der Waals surface area contributed by atoms with Gasteiger partial charge in [-0.05, 0) is 79.2 Å². The molecule has 1 aliphatic rings. The summed E-state index contributed by atoms with van der Waals surface area (Å²) in [6.07, 6.45) is 17.9. The number of unbranched alkanes of at least 4 members (excludes halogenated alkanes) is 7. The van der Waals surface area contributed by atoms with Gasteiger partial charge in [0.1, 0.15) is 0 Å². The topological polar surface area (TPSA) is 13.1 Å². The smallest absolute Gasteiger partial charge is 0.198 e. The molecule has 0 bridgehead atoms. The molecule has 1 saturated carbocycles. The van der Waals surface area contributed by atoms with E-state index in [1.54, 1.807) is 6.92 Å². The minimum atomic E-state index is -0.306. The Morgan fingerprint density at radius 1 is 0.848 bits per heavy atom. The summed E-state index contributed by atoms with van der Waals surface area (Å²) in [4.78, 5) is 0. The minimum Gasteiger partial charge on any atom is -0.441 e. The van der Waals surface area contributed by atoms with Gasteiger partial charge in [0.2, 0.25) is 0 Å². The van der Waals surface area contributed by atoms with E-state index in [2.05, 4.69) is 25.1 Å². The largest absolute Gasteiger partial charge is 0.441 e. The van der Waals surface area contributed by atoms with Crippen LogP contribution in [0.4, 0.5) is 4.39 Å². The van der Waals surface area contributed by atoms with Crippen LogP contribution in [-0.2, 0) is 0 Å². The molecule has 178 valence electrons. The molecule has 0 N–H and O–H groups in total. The van der Waals surface area contributed by atoms with Crippen molar-refractivity contribution in [2.24, 2.45) is 5.92 Å². The Balaban J connectivity index is 1.33. The molecule has 1 nitrogen and oxygen atoms in total. The molecule has 1 heterocycles. The summed E-state index contributed by atoms with van der Waals surface area (Å²) in [5, 5.41) is 2.74. The fourth-order valence-corrected chi connectivity index (χ4v) is 5.94. The molecular weight excluding hydrogens is 427 g/mol. The molecule has 1 fully saturated rings. The van der Waals surface area contributed by atoms with Gasteiger partial charge in [-0.15, -0.1) is 0 Å². The summed E-state index contributed by atoms with van der Waals surface area (Å²) in [5.41, 5.74) is 2.23. The molecule has 0 atom stereocenters. The highest BCUT2D eigenvalue weighted by Gasteiger charge is 2.23. The predicted molar refractivity (Wildman–Crippen MR) is 141 cm³/mol. The van der Waals surface area contributed by atoms with Crippen molar-refractivity contribution in [3.63, 3.8) is 0 Å². The molecule has 1 aromatic heterocycles. The minimum absolute atomic E-state index is 0.279. The van der Waals surface area contributed by atoms with Crippen molar-refractivity contribution in [2.75, 3.05) is 0 Å². The van der Waals surface area contributed by atoms with Gasteiger partial charge in [-0.2, -0.15) is 0 Å². The van der Waals surface area contributed by atoms with E-state index in [0.29, 0.717) is 16.2 Å². The molecule has 1 aliphatic carbocycles. The van der Waals surface area contributed by atoms with Crippen LogP contribution in [0.25, 0.3) is 21.7 Å². The monoisotopic (exact) mass is 466 g/mol. The van der Waals surface area contributed by atoms with Crippen molar-refractivity contribution < 1.29 is 8.81 Å². The maximum atomic E-state index is 14.6. The standard InChI is InChI=1S/C30H39FOS/c1-3-4-5-6-7-8-9-10-11-22-13-15-23(16-14-22)24-17-19-25-26-18-12-21(2)28(31)29(26)32-30(33)27(25)20-24/h12,17-20,22-23H,3-11,13-16H2,1-2H3. The Kier molecular flexibility index (Phi) is 8.57. The number of hydrogen-bond acceptors (Lipinski definition) is 2. The van der Waals surface area contributed by atoms with E-state index >= 15 is 0 Å². The Labute approximate surface area is 203 Å². The third-order valence-electron chi connectivity index (χ3n) is 7.82. The van der Waals surface area contributed by atoms with Gasteiger partial charge in [-0.3, -0.25) is 0 Å². The Morgan fingerprint density at radius 3 is 2.24 bits per heavy atom. The molecule has 4 rings (SSSR count). The van der Waals surface area contributed by atoms with Crippen LogP contribution in [0, 0.1) is 23.4 Å². The quantitative estimate of drug-likeness (QED) is 0.167. The van der Waals surface area contributed by atoms with Crippen LogP contribution in [0.1, 0.15) is 107 Å². The average Bonchev–Trinajstić information content (AvgIpc) is 2.84. The summed E-state index contributed by atoms with van der Waals surface area (Å²) in [7, 11) is 0. The zero-order valence-corrected chi connectivity index (χ0v) is 21.2. The van der Waals surface area contributed by atoms with Gasteiger partial charge in [0.05, 0.1) is 0 Å². The predicted octanol–water partition coefficient (Wildman–Crippen LogP) is 10.6. The first-order valence-electron chi connectivity index (χ1n) is 13.2. The Morgan fingerprint density at radius 2 is 1.52 bits per heavy atom. The molecule has 0 unspecified atom stereocenters. The van der Waals surface area contributed by atoms with Crippen molar-refractivity contribution in [3.8, 4) is 0 Å². The second-order valence-electron chi connectivity index (χ2n) is 10.2. The molecule has 0 saturated heterocycles. The van der Waals surface area contributed by atoms with Gasteiger partial charge >= 0.3 is 0 Å². The van der Waals surface area contributed by atoms with Gasteiger partial charge in [0, 0.05) is 10.8 Å². The van der Waals surface area contributed by atoms with E-state index in [9.17, 15) is 4.39 Å². The van der Waals surface area contributed by atoms with Crippen LogP contribution in [-0.4, -0.2) is 0 Å². The summed E-state index contributed by atoms with van der Waals surface area (Å²) in [6, 6.07) is 10.3. The first kappa shape index (κ1) is 24.4. The molecule has 0 amide bonds. The number of benzene rings is 2. The number of aryl methyl sites for hydroxylation is 1. The summed E-state index contributed by atoms with van der Waals surface area (Å²) < 4.78 is 20.7. The van der Waals surface area contributed by atoms with Crippen LogP contribution in [0.5, 0.6) is 0 Å². The third kappa shape index (κ3) is 5.85. The van der Waals surface area contributed by atoms with E-state index in [-0.39, 0.29) is 11.4 Å². The Hall–Kier alpha value is -1.74. The maximum Gasteiger partial charge on any atom is 0.198 e. The van der Waals surface area contributed by atoms with E-state index in [1.807, 2.05) is 12.1 Å². The molecule has 0 aliphatic heterocycles. The lowest BCUT2D eigenvalue weighted by atomic mass is 9.76. The highest BCUT2D eigenvalue weighted by atomic mass is 32.1. The number of fused-ring (bicyclic) bond motifs is 3. The molecule has 0 spiro atoms. The summed E-state index contributed by atoms with van der Waals surface area (Å²) in [5.74, 6) is 1.20. The normalized spacial score (nSPS) is 18.9. The molecule has 3 heteroatoms. The fourth-order valence-electron chi connectivity index (χ4n) is 5.68. The van der Waals surface area contributed by atoms with E-state index in [0.717, 1.165) is 22.1 Å². The highest BCUT2D eigenvalue weighted by molar-refractivity contribution is 7.71. The lowest BCUT2D eigenvalue weighted by Gasteiger charge is -2.29. The van der Waals surface area contributed by atoms with Crippen molar-refractivity contribution in [2.45, 2.75) is 103 Å². The number of hydrogen-bond donors (Lipinski definition) is 0. The molecule has 0 radical (unpaired) electrons. The molecule has 33 heavy (non-hydrogen) atoms. The van der Waals surface area contributed by atoms with Gasteiger partial charge in [-0.25, -0.2) is 4.39 Å². The average molecular weight is 467 g/mol. The van der Waals surface area contributed by atoms with Gasteiger partial charge < -0.3 is 4.42 Å². The highest BCUT2D eigenvalue weighted by Crippen LogP contribution is 2.39. The van der Waals surface area contributed by atoms with Crippen LogP contribution in [0.2, 0.25) is 0 Å². The van der Waals surface area contributed by atoms with Crippen molar-refractivity contribution >= 4 is 34.0 Å². The second-order valence-corrected chi connectivity index (χ2v) is 10.6. The number of rotatable bonds is 10. The van der Waals surface area contributed by atoms with Crippen LogP contribution >= 0.6 is 12.2 Å². The zero-order chi connectivity index (χ0) is 23.2. The lowest BCUT2D eigenvalue weighted by Crippen LogP contribution is -2.13. The van der Waals surface area contributed by atoms with E-state index < -0.39 is 0 Å². The van der Waals surface area contributed by atoms with E-state index in [1.165, 1.54) is 89.0 Å². The van der Waals surface area contributed by atoms with Crippen molar-refractivity contribution in [1.29, 1.82) is 0 Å². The lowest BCUT2D eigenvalue weighted by molar-refractivity contribution is 0.302. The van der Waals surface area contributed by atoms with Gasteiger partial charge in [-0.1, -0.05) is 89.0 Å². The number of halogens is 1. The van der Waals surface area contributed by atoms with Crippen molar-refractivity contribution in [1.82, 2.24) is 0 Å². The maximum absolute atomic E-state index is 14.6. The summed E-state index contributed by atoms with van der Waals surface area (Å²) in [6.45, 7) is 4.04. The summed E-state index contributed by atoms with van der Waals surface area (Å²) >= 11 is 5.53. The first-order valence-corrected chi connectivity index (χ1v) is 13.6. The van der Waals surface area contributed by atoms with Crippen molar-refractivity contribution in [3.05, 3.63) is 52.0 Å². The van der Waals surface area contributed by atoms with Gasteiger partial charge in [0.15, 0.2) is 16.1 Å². The fraction of sp³-hybridized carbons (Fsp3) is 0.567. The van der Waals surface area contributed by atoms with Gasteiger partial charge in [0.25, 0.3) is 0 Å².